The van der Waals surface area contributed by atoms with E-state index >= 15 is 0 Å². The maximum Gasteiger partial charge on any atom is 0.240 e. The molecule has 1 aliphatic heterocycles. The third kappa shape index (κ3) is 4.33. The normalized spacial score (nSPS) is 17.0. The summed E-state index contributed by atoms with van der Waals surface area (Å²) in [5, 5.41) is 0.367. The number of nitrogens with one attached hydrogen (secondary N) is 1. The fourth-order valence-corrected chi connectivity index (χ4v) is 5.11. The Balaban J connectivity index is 1.99. The summed E-state index contributed by atoms with van der Waals surface area (Å²) in [5.74, 6) is -0.270. The molecule has 1 aromatic rings. The fourth-order valence-electron chi connectivity index (χ4n) is 2.13. The second-order valence-corrected chi connectivity index (χ2v) is 9.57. The second-order valence-electron chi connectivity index (χ2n) is 4.90. The Morgan fingerprint density at radius 1 is 1.05 bits per heavy atom. The predicted octanol–water partition coefficient (Wildman–Crippen LogP) is 1.70. The first kappa shape index (κ1) is 18.0. The number of sulfonamides is 2. The summed E-state index contributed by atoms with van der Waals surface area (Å²) in [6.07, 6.45) is 1.68. The van der Waals surface area contributed by atoms with Crippen molar-refractivity contribution >= 4 is 43.2 Å². The van der Waals surface area contributed by atoms with Gasteiger partial charge in [-0.1, -0.05) is 23.2 Å². The minimum absolute atomic E-state index is 0.0551. The van der Waals surface area contributed by atoms with Gasteiger partial charge in [0.15, 0.2) is 0 Å². The molecular weight excluding hydrogens is 371 g/mol. The molecule has 1 heterocycles. The molecule has 0 spiro atoms. The average molecular weight is 387 g/mol. The van der Waals surface area contributed by atoms with E-state index in [1.54, 1.807) is 0 Å². The summed E-state index contributed by atoms with van der Waals surface area (Å²) in [6.45, 7) is 0.811. The first-order valence-electron chi connectivity index (χ1n) is 6.65. The summed E-state index contributed by atoms with van der Waals surface area (Å²) in [4.78, 5) is -0.0551. The van der Waals surface area contributed by atoms with Gasteiger partial charge in [-0.2, -0.15) is 0 Å². The molecule has 22 heavy (non-hydrogen) atoms. The Morgan fingerprint density at radius 3 is 2.27 bits per heavy atom. The molecule has 0 unspecified atom stereocenters. The molecule has 0 aliphatic carbocycles. The van der Waals surface area contributed by atoms with Gasteiger partial charge in [-0.25, -0.2) is 25.9 Å². The van der Waals surface area contributed by atoms with Gasteiger partial charge in [0.05, 0.1) is 20.7 Å². The molecule has 0 atom stereocenters. The van der Waals surface area contributed by atoms with Crippen molar-refractivity contribution in [3.05, 3.63) is 28.2 Å². The van der Waals surface area contributed by atoms with Gasteiger partial charge in [-0.15, -0.1) is 0 Å². The van der Waals surface area contributed by atoms with E-state index in [-0.39, 0.29) is 27.2 Å². The molecule has 10 heteroatoms. The van der Waals surface area contributed by atoms with Crippen LogP contribution in [0.4, 0.5) is 0 Å². The molecule has 2 rings (SSSR count). The smallest absolute Gasteiger partial charge is 0.212 e. The highest BCUT2D eigenvalue weighted by molar-refractivity contribution is 7.90. The molecular formula is C12H16Cl2N2O4S2. The van der Waals surface area contributed by atoms with Crippen molar-refractivity contribution in [2.45, 2.75) is 17.7 Å². The van der Waals surface area contributed by atoms with Crippen molar-refractivity contribution in [2.75, 3.05) is 25.4 Å². The van der Waals surface area contributed by atoms with Crippen molar-refractivity contribution < 1.29 is 16.8 Å². The van der Waals surface area contributed by atoms with Crippen LogP contribution in [0.25, 0.3) is 0 Å². The van der Waals surface area contributed by atoms with Crippen molar-refractivity contribution in [1.29, 1.82) is 0 Å². The van der Waals surface area contributed by atoms with Crippen molar-refractivity contribution in [1.82, 2.24) is 9.03 Å². The van der Waals surface area contributed by atoms with Crippen LogP contribution in [0, 0.1) is 0 Å². The molecule has 1 aromatic carbocycles. The average Bonchev–Trinajstić information content (AvgIpc) is 2.96. The quantitative estimate of drug-likeness (QED) is 0.805. The molecule has 0 bridgehead atoms. The van der Waals surface area contributed by atoms with Gasteiger partial charge < -0.3 is 0 Å². The lowest BCUT2D eigenvalue weighted by Gasteiger charge is -2.15. The van der Waals surface area contributed by atoms with Gasteiger partial charge in [-0.05, 0) is 31.0 Å². The van der Waals surface area contributed by atoms with Crippen LogP contribution in [-0.2, 0) is 20.0 Å². The van der Waals surface area contributed by atoms with Crippen LogP contribution in [0.5, 0.6) is 0 Å². The minimum atomic E-state index is -3.82. The standard InChI is InChI=1S/C12H16Cl2N2O4S2/c13-11-4-3-10(9-12(11)14)22(19,20)15-5-8-21(17,18)16-6-1-2-7-16/h3-4,9,15H,1-2,5-8H2. The van der Waals surface area contributed by atoms with E-state index < -0.39 is 20.0 Å². The fraction of sp³-hybridized carbons (Fsp3) is 0.500. The van der Waals surface area contributed by atoms with Crippen LogP contribution < -0.4 is 4.72 Å². The van der Waals surface area contributed by atoms with Crippen LogP contribution in [0.1, 0.15) is 12.8 Å². The van der Waals surface area contributed by atoms with Crippen molar-refractivity contribution in [2.24, 2.45) is 0 Å². The van der Waals surface area contributed by atoms with Gasteiger partial charge in [0, 0.05) is 19.6 Å². The maximum absolute atomic E-state index is 12.1. The summed E-state index contributed by atoms with van der Waals surface area (Å²) < 4.78 is 51.8. The zero-order valence-electron chi connectivity index (χ0n) is 11.6. The number of hydrogen-bond donors (Lipinski definition) is 1. The molecule has 1 saturated heterocycles. The van der Waals surface area contributed by atoms with Gasteiger partial charge >= 0.3 is 0 Å². The Bertz CT molecular complexity index is 744. The first-order valence-corrected chi connectivity index (χ1v) is 10.5. The summed E-state index contributed by atoms with van der Waals surface area (Å²) in [5.41, 5.74) is 0. The van der Waals surface area contributed by atoms with Crippen LogP contribution in [0.3, 0.4) is 0 Å². The van der Waals surface area contributed by atoms with E-state index in [9.17, 15) is 16.8 Å². The van der Waals surface area contributed by atoms with Crippen LogP contribution in [0.2, 0.25) is 10.0 Å². The lowest BCUT2D eigenvalue weighted by Crippen LogP contribution is -2.36. The summed E-state index contributed by atoms with van der Waals surface area (Å²) >= 11 is 11.5. The molecule has 0 aromatic heterocycles. The lowest BCUT2D eigenvalue weighted by molar-refractivity contribution is 0.477. The zero-order valence-corrected chi connectivity index (χ0v) is 14.8. The topological polar surface area (TPSA) is 83.5 Å². The molecule has 6 nitrogen and oxygen atoms in total. The summed E-state index contributed by atoms with van der Waals surface area (Å²) in [6, 6.07) is 3.91. The van der Waals surface area contributed by atoms with E-state index in [2.05, 4.69) is 4.72 Å². The number of rotatable bonds is 6. The molecule has 124 valence electrons. The summed E-state index contributed by atoms with van der Waals surface area (Å²) in [7, 11) is -7.24. The van der Waals surface area contributed by atoms with Crippen LogP contribution in [-0.4, -0.2) is 46.5 Å². The monoisotopic (exact) mass is 386 g/mol. The van der Waals surface area contributed by atoms with Gasteiger partial charge in [0.1, 0.15) is 0 Å². The Kier molecular flexibility index (Phi) is 5.73. The predicted molar refractivity (Wildman–Crippen MR) is 86.2 cm³/mol. The third-order valence-corrected chi connectivity index (χ3v) is 7.38. The van der Waals surface area contributed by atoms with E-state index in [4.69, 9.17) is 23.2 Å². The lowest BCUT2D eigenvalue weighted by atomic mass is 10.4. The van der Waals surface area contributed by atoms with Crippen LogP contribution >= 0.6 is 23.2 Å². The van der Waals surface area contributed by atoms with E-state index in [0.717, 1.165) is 12.8 Å². The van der Waals surface area contributed by atoms with Gasteiger partial charge in [0.2, 0.25) is 20.0 Å². The van der Waals surface area contributed by atoms with Crippen molar-refractivity contribution in [3.63, 3.8) is 0 Å². The molecule has 0 radical (unpaired) electrons. The molecule has 1 fully saturated rings. The van der Waals surface area contributed by atoms with E-state index in [1.807, 2.05) is 0 Å². The second kappa shape index (κ2) is 7.02. The third-order valence-electron chi connectivity index (χ3n) is 3.31. The maximum atomic E-state index is 12.1. The number of benzene rings is 1. The van der Waals surface area contributed by atoms with Gasteiger partial charge in [0.25, 0.3) is 0 Å². The number of hydrogen-bond acceptors (Lipinski definition) is 4. The SMILES string of the molecule is O=S(=O)(NCCS(=O)(=O)N1CCCC1)c1ccc(Cl)c(Cl)c1. The Labute approximate surface area is 140 Å². The van der Waals surface area contributed by atoms with Crippen molar-refractivity contribution in [3.8, 4) is 0 Å². The first-order chi connectivity index (χ1) is 10.2. The Morgan fingerprint density at radius 2 is 1.68 bits per heavy atom. The van der Waals surface area contributed by atoms with Crippen LogP contribution in [0.15, 0.2) is 23.1 Å². The molecule has 1 aliphatic rings. The Hall–Kier alpha value is -0.380. The molecule has 0 amide bonds. The minimum Gasteiger partial charge on any atom is -0.212 e. The largest absolute Gasteiger partial charge is 0.240 e. The molecule has 0 saturated carbocycles. The highest BCUT2D eigenvalue weighted by Crippen LogP contribution is 2.24. The molecule has 1 N–H and O–H groups in total. The number of halogens is 2. The van der Waals surface area contributed by atoms with E-state index in [0.29, 0.717) is 13.1 Å². The van der Waals surface area contributed by atoms with Gasteiger partial charge in [-0.3, -0.25) is 0 Å². The highest BCUT2D eigenvalue weighted by atomic mass is 35.5. The zero-order chi connectivity index (χ0) is 16.4. The number of nitrogens with zero attached hydrogens (tertiary/aromatic N) is 1. The van der Waals surface area contributed by atoms with E-state index in [1.165, 1.54) is 22.5 Å². The highest BCUT2D eigenvalue weighted by Gasteiger charge is 2.25.